The molecule has 0 radical (unpaired) electrons. The maximum atomic E-state index is 4.27. The number of aromatic nitrogens is 1. The molecule has 0 bridgehead atoms. The molecule has 1 saturated heterocycles. The number of hydrogen-bond acceptors (Lipinski definition) is 2. The highest BCUT2D eigenvalue weighted by Crippen LogP contribution is 2.20. The lowest BCUT2D eigenvalue weighted by Gasteiger charge is -2.11. The van der Waals surface area contributed by atoms with Crippen molar-refractivity contribution in [2.75, 3.05) is 6.54 Å². The zero-order valence-electron chi connectivity index (χ0n) is 10.2. The third kappa shape index (κ3) is 2.18. The molecule has 0 saturated carbocycles. The molecule has 17 heavy (non-hydrogen) atoms. The van der Waals surface area contributed by atoms with Crippen molar-refractivity contribution in [1.82, 2.24) is 10.3 Å². The van der Waals surface area contributed by atoms with E-state index in [1.54, 1.807) is 0 Å². The van der Waals surface area contributed by atoms with Crippen molar-refractivity contribution >= 4 is 10.8 Å². The molecule has 1 aromatic carbocycles. The zero-order valence-corrected chi connectivity index (χ0v) is 10.2. The number of fused-ring (bicyclic) bond motifs is 1. The molecule has 0 amide bonds. The van der Waals surface area contributed by atoms with E-state index >= 15 is 0 Å². The summed E-state index contributed by atoms with van der Waals surface area (Å²) in [6.45, 7) is 3.30. The van der Waals surface area contributed by atoms with E-state index in [0.717, 1.165) is 6.42 Å². The van der Waals surface area contributed by atoms with Gasteiger partial charge in [-0.05, 0) is 55.3 Å². The molecule has 88 valence electrons. The van der Waals surface area contributed by atoms with Crippen molar-refractivity contribution in [1.29, 1.82) is 0 Å². The minimum absolute atomic E-state index is 0.671. The van der Waals surface area contributed by atoms with E-state index in [4.69, 9.17) is 0 Å². The maximum absolute atomic E-state index is 4.27. The molecular formula is C15H18N2. The van der Waals surface area contributed by atoms with Gasteiger partial charge in [0.2, 0.25) is 0 Å². The van der Waals surface area contributed by atoms with Crippen LogP contribution in [0.3, 0.4) is 0 Å². The van der Waals surface area contributed by atoms with E-state index in [0.29, 0.717) is 6.04 Å². The fourth-order valence-corrected chi connectivity index (χ4v) is 2.72. The monoisotopic (exact) mass is 226 g/mol. The molecular weight excluding hydrogens is 208 g/mol. The second-order valence-corrected chi connectivity index (χ2v) is 5.01. The van der Waals surface area contributed by atoms with Gasteiger partial charge in [-0.15, -0.1) is 0 Å². The number of rotatable bonds is 2. The largest absolute Gasteiger partial charge is 0.314 e. The molecule has 1 aliphatic heterocycles. The summed E-state index contributed by atoms with van der Waals surface area (Å²) in [6, 6.07) is 7.45. The first-order chi connectivity index (χ1) is 8.33. The van der Waals surface area contributed by atoms with Gasteiger partial charge in [-0.3, -0.25) is 4.98 Å². The molecule has 1 N–H and O–H groups in total. The predicted molar refractivity (Wildman–Crippen MR) is 71.2 cm³/mol. The Morgan fingerprint density at radius 2 is 2.29 bits per heavy atom. The summed E-state index contributed by atoms with van der Waals surface area (Å²) in [5, 5.41) is 6.14. The van der Waals surface area contributed by atoms with E-state index in [1.165, 1.54) is 41.3 Å². The van der Waals surface area contributed by atoms with Crippen LogP contribution in [0.2, 0.25) is 0 Å². The molecule has 1 aliphatic rings. The lowest BCUT2D eigenvalue weighted by atomic mass is 10.0. The summed E-state index contributed by atoms with van der Waals surface area (Å²) in [4.78, 5) is 4.27. The van der Waals surface area contributed by atoms with Crippen LogP contribution in [0, 0.1) is 6.92 Å². The van der Waals surface area contributed by atoms with E-state index in [1.807, 2.05) is 12.4 Å². The summed E-state index contributed by atoms with van der Waals surface area (Å²) in [7, 11) is 0. The summed E-state index contributed by atoms with van der Waals surface area (Å²) in [5.41, 5.74) is 2.68. The van der Waals surface area contributed by atoms with Gasteiger partial charge in [0.15, 0.2) is 0 Å². The van der Waals surface area contributed by atoms with Gasteiger partial charge < -0.3 is 5.32 Å². The normalized spacial score (nSPS) is 19.9. The predicted octanol–water partition coefficient (Wildman–Crippen LogP) is 2.84. The second kappa shape index (κ2) is 4.46. The SMILES string of the molecule is Cc1cncc2cc(CC3CCCN3)ccc12. The summed E-state index contributed by atoms with van der Waals surface area (Å²) < 4.78 is 0. The quantitative estimate of drug-likeness (QED) is 0.851. The Kier molecular flexibility index (Phi) is 2.81. The minimum atomic E-state index is 0.671. The summed E-state index contributed by atoms with van der Waals surface area (Å²) in [6.07, 6.45) is 7.67. The first-order valence-electron chi connectivity index (χ1n) is 6.39. The Bertz CT molecular complexity index is 527. The molecule has 2 aromatic rings. The molecule has 0 aliphatic carbocycles. The average molecular weight is 226 g/mol. The van der Waals surface area contributed by atoms with Gasteiger partial charge in [0, 0.05) is 23.8 Å². The topological polar surface area (TPSA) is 24.9 Å². The highest BCUT2D eigenvalue weighted by molar-refractivity contribution is 5.85. The molecule has 2 nitrogen and oxygen atoms in total. The molecule has 1 fully saturated rings. The first-order valence-corrected chi connectivity index (χ1v) is 6.39. The Balaban J connectivity index is 1.90. The Hall–Kier alpha value is -1.41. The van der Waals surface area contributed by atoms with Crippen molar-refractivity contribution in [3.05, 3.63) is 41.7 Å². The van der Waals surface area contributed by atoms with Gasteiger partial charge in [-0.25, -0.2) is 0 Å². The van der Waals surface area contributed by atoms with E-state index in [9.17, 15) is 0 Å². The third-order valence-electron chi connectivity index (χ3n) is 3.67. The average Bonchev–Trinajstić information content (AvgIpc) is 2.82. The Morgan fingerprint density at radius 3 is 3.12 bits per heavy atom. The maximum Gasteiger partial charge on any atom is 0.0346 e. The second-order valence-electron chi connectivity index (χ2n) is 5.01. The van der Waals surface area contributed by atoms with Crippen LogP contribution in [0.5, 0.6) is 0 Å². The Morgan fingerprint density at radius 1 is 1.35 bits per heavy atom. The van der Waals surface area contributed by atoms with E-state index < -0.39 is 0 Å². The number of hydrogen-bond donors (Lipinski definition) is 1. The number of nitrogens with one attached hydrogen (secondary N) is 1. The van der Waals surface area contributed by atoms with Crippen molar-refractivity contribution < 1.29 is 0 Å². The van der Waals surface area contributed by atoms with Crippen LogP contribution in [0.25, 0.3) is 10.8 Å². The van der Waals surface area contributed by atoms with Crippen LogP contribution in [0.1, 0.15) is 24.0 Å². The number of benzene rings is 1. The van der Waals surface area contributed by atoms with Crippen molar-refractivity contribution in [3.63, 3.8) is 0 Å². The van der Waals surface area contributed by atoms with Gasteiger partial charge >= 0.3 is 0 Å². The molecule has 0 spiro atoms. The van der Waals surface area contributed by atoms with Gasteiger partial charge in [-0.1, -0.05) is 12.1 Å². The number of nitrogens with zero attached hydrogens (tertiary/aromatic N) is 1. The standard InChI is InChI=1S/C15H18N2/c1-11-9-16-10-13-7-12(4-5-15(11)13)8-14-3-2-6-17-14/h4-5,7,9-10,14,17H,2-3,6,8H2,1H3. The fourth-order valence-electron chi connectivity index (χ4n) is 2.72. The fraction of sp³-hybridized carbons (Fsp3) is 0.400. The van der Waals surface area contributed by atoms with Crippen molar-refractivity contribution in [3.8, 4) is 0 Å². The van der Waals surface area contributed by atoms with Gasteiger partial charge in [0.25, 0.3) is 0 Å². The molecule has 1 aromatic heterocycles. The lowest BCUT2D eigenvalue weighted by molar-refractivity contribution is 0.603. The molecule has 2 heterocycles. The third-order valence-corrected chi connectivity index (χ3v) is 3.67. The molecule has 1 atom stereocenters. The summed E-state index contributed by atoms with van der Waals surface area (Å²) >= 11 is 0. The van der Waals surface area contributed by atoms with Gasteiger partial charge in [0.05, 0.1) is 0 Å². The van der Waals surface area contributed by atoms with Crippen LogP contribution in [-0.4, -0.2) is 17.6 Å². The van der Waals surface area contributed by atoms with E-state index in [2.05, 4.69) is 35.4 Å². The van der Waals surface area contributed by atoms with E-state index in [-0.39, 0.29) is 0 Å². The molecule has 1 unspecified atom stereocenters. The molecule has 3 rings (SSSR count). The smallest absolute Gasteiger partial charge is 0.0346 e. The van der Waals surface area contributed by atoms with Crippen LogP contribution in [0.4, 0.5) is 0 Å². The van der Waals surface area contributed by atoms with Crippen molar-refractivity contribution in [2.45, 2.75) is 32.2 Å². The minimum Gasteiger partial charge on any atom is -0.314 e. The van der Waals surface area contributed by atoms with Gasteiger partial charge in [0.1, 0.15) is 0 Å². The van der Waals surface area contributed by atoms with Gasteiger partial charge in [-0.2, -0.15) is 0 Å². The summed E-state index contributed by atoms with van der Waals surface area (Å²) in [5.74, 6) is 0. The van der Waals surface area contributed by atoms with Crippen LogP contribution < -0.4 is 5.32 Å². The van der Waals surface area contributed by atoms with Crippen LogP contribution in [0.15, 0.2) is 30.6 Å². The first kappa shape index (κ1) is 10.7. The van der Waals surface area contributed by atoms with Crippen LogP contribution >= 0.6 is 0 Å². The molecule has 2 heteroatoms. The van der Waals surface area contributed by atoms with Crippen LogP contribution in [-0.2, 0) is 6.42 Å². The van der Waals surface area contributed by atoms with Crippen molar-refractivity contribution in [2.24, 2.45) is 0 Å². The highest BCUT2D eigenvalue weighted by Gasteiger charge is 2.14. The highest BCUT2D eigenvalue weighted by atomic mass is 14.9. The zero-order chi connectivity index (χ0) is 11.7. The number of aryl methyl sites for hydroxylation is 1. The Labute approximate surface area is 102 Å². The lowest BCUT2D eigenvalue weighted by Crippen LogP contribution is -2.23. The number of pyridine rings is 1.